The number of halogens is 1. The van der Waals surface area contributed by atoms with Crippen molar-refractivity contribution in [3.8, 4) is 5.75 Å². The molecule has 6 rings (SSSR count). The van der Waals surface area contributed by atoms with Crippen molar-refractivity contribution >= 4 is 21.7 Å². The summed E-state index contributed by atoms with van der Waals surface area (Å²) in [5.41, 5.74) is 2.98. The highest BCUT2D eigenvalue weighted by molar-refractivity contribution is 7.87. The molecule has 1 amide bonds. The first-order valence-electron chi connectivity index (χ1n) is 20.4. The summed E-state index contributed by atoms with van der Waals surface area (Å²) < 4.78 is 66.2. The second-order valence-corrected chi connectivity index (χ2v) is 18.1. The van der Waals surface area contributed by atoms with Gasteiger partial charge in [-0.25, -0.2) is 4.39 Å². The van der Waals surface area contributed by atoms with Gasteiger partial charge in [-0.3, -0.25) is 4.79 Å². The van der Waals surface area contributed by atoms with Gasteiger partial charge in [0.2, 0.25) is 5.91 Å². The zero-order valence-electron chi connectivity index (χ0n) is 34.0. The molecule has 9 nitrogen and oxygen atoms in total. The van der Waals surface area contributed by atoms with E-state index < -0.39 is 28.2 Å². The van der Waals surface area contributed by atoms with Gasteiger partial charge in [-0.2, -0.15) is 8.42 Å². The molecule has 13 atom stereocenters. The van der Waals surface area contributed by atoms with Crippen molar-refractivity contribution in [2.75, 3.05) is 10.7 Å². The van der Waals surface area contributed by atoms with Crippen molar-refractivity contribution in [3.05, 3.63) is 95.3 Å². The maximum absolute atomic E-state index is 13.7. The molecule has 3 fully saturated rings. The number of para-hydroxylation sites is 1. The summed E-state index contributed by atoms with van der Waals surface area (Å²) in [4.78, 5) is 15.4. The molecular formula is C45H60FNO8S. The van der Waals surface area contributed by atoms with E-state index in [2.05, 4.69) is 34.6 Å². The molecule has 0 aromatic heterocycles. The molecule has 3 aromatic carbocycles. The average molecular weight is 794 g/mol. The number of carbonyl (C=O) groups is 1. The molecular weight excluding hydrogens is 734 g/mol. The van der Waals surface area contributed by atoms with Gasteiger partial charge >= 0.3 is 10.1 Å². The van der Waals surface area contributed by atoms with Crippen LogP contribution in [0.3, 0.4) is 0 Å². The SMILES string of the molecule is CCC1OC(O[C@H]2C(CC)OC(CS(=O)(=O)Oc3ccc([C@@H]4[C@@H](CC[C@H](O)c5ccc(F)cc5)C(=O)N4c4ccccc4)c(C)c3)[C@H](C)[C@H]2C)[C@H](C)[C@@H](C)[C@H]1C. The van der Waals surface area contributed by atoms with Gasteiger partial charge in [0, 0.05) is 11.6 Å². The van der Waals surface area contributed by atoms with Crippen LogP contribution in [-0.2, 0) is 29.1 Å². The molecule has 0 spiro atoms. The quantitative estimate of drug-likeness (QED) is 0.127. The largest absolute Gasteiger partial charge is 0.388 e. The second kappa shape index (κ2) is 17.6. The lowest BCUT2D eigenvalue weighted by Crippen LogP contribution is -2.55. The Labute approximate surface area is 333 Å². The van der Waals surface area contributed by atoms with Gasteiger partial charge in [-0.15, -0.1) is 0 Å². The fraction of sp³-hybridized carbons (Fsp3) is 0.578. The molecule has 3 saturated heterocycles. The Morgan fingerprint density at radius 1 is 0.821 bits per heavy atom. The normalized spacial score (nSPS) is 32.8. The molecule has 11 heteroatoms. The molecule has 0 radical (unpaired) electrons. The van der Waals surface area contributed by atoms with E-state index in [1.54, 1.807) is 29.2 Å². The van der Waals surface area contributed by atoms with Gasteiger partial charge in [0.25, 0.3) is 0 Å². The van der Waals surface area contributed by atoms with Gasteiger partial charge in [0.05, 0.1) is 42.5 Å². The van der Waals surface area contributed by atoms with E-state index in [0.29, 0.717) is 36.7 Å². The zero-order chi connectivity index (χ0) is 40.5. The zero-order valence-corrected chi connectivity index (χ0v) is 34.8. The molecule has 0 bridgehead atoms. The van der Waals surface area contributed by atoms with Crippen LogP contribution in [-0.4, -0.2) is 55.9 Å². The smallest absolute Gasteiger partial charge is 0.311 e. The minimum atomic E-state index is -4.07. The molecule has 4 unspecified atom stereocenters. The first-order chi connectivity index (χ1) is 26.6. The first kappa shape index (κ1) is 42.3. The van der Waals surface area contributed by atoms with Crippen molar-refractivity contribution in [1.82, 2.24) is 0 Å². The van der Waals surface area contributed by atoms with Crippen LogP contribution in [0.5, 0.6) is 5.75 Å². The topological polar surface area (TPSA) is 112 Å². The number of amides is 1. The number of carbonyl (C=O) groups excluding carboxylic acids is 1. The minimum Gasteiger partial charge on any atom is -0.388 e. The third-order valence-electron chi connectivity index (χ3n) is 13.1. The number of hydrogen-bond acceptors (Lipinski definition) is 8. The number of rotatable bonds is 14. The van der Waals surface area contributed by atoms with Crippen molar-refractivity contribution in [2.45, 2.75) is 124 Å². The van der Waals surface area contributed by atoms with Gasteiger partial charge in [0.15, 0.2) is 6.29 Å². The number of benzene rings is 3. The summed E-state index contributed by atoms with van der Waals surface area (Å²) in [7, 11) is -4.07. The Kier molecular flexibility index (Phi) is 13.3. The molecule has 56 heavy (non-hydrogen) atoms. The van der Waals surface area contributed by atoms with Crippen molar-refractivity contribution in [1.29, 1.82) is 0 Å². The van der Waals surface area contributed by atoms with Crippen LogP contribution in [0.15, 0.2) is 72.8 Å². The minimum absolute atomic E-state index is 0.0171. The average Bonchev–Trinajstić information content (AvgIpc) is 3.17. The van der Waals surface area contributed by atoms with Crippen LogP contribution in [0.4, 0.5) is 10.1 Å². The van der Waals surface area contributed by atoms with Crippen LogP contribution < -0.4 is 9.08 Å². The number of ether oxygens (including phenoxy) is 3. The Hall–Kier alpha value is -3.35. The summed E-state index contributed by atoms with van der Waals surface area (Å²) in [6.45, 7) is 16.9. The van der Waals surface area contributed by atoms with E-state index in [9.17, 15) is 22.7 Å². The molecule has 3 heterocycles. The van der Waals surface area contributed by atoms with E-state index in [-0.39, 0.29) is 71.6 Å². The summed E-state index contributed by atoms with van der Waals surface area (Å²) >= 11 is 0. The first-order valence-corrected chi connectivity index (χ1v) is 22.0. The van der Waals surface area contributed by atoms with Gasteiger partial charge in [-0.1, -0.05) is 84.9 Å². The maximum atomic E-state index is 13.7. The highest BCUT2D eigenvalue weighted by atomic mass is 32.2. The van der Waals surface area contributed by atoms with Crippen LogP contribution in [0.1, 0.15) is 103 Å². The summed E-state index contributed by atoms with van der Waals surface area (Å²) in [6, 6.07) is 20.0. The van der Waals surface area contributed by atoms with Crippen LogP contribution in [0, 0.1) is 48.2 Å². The summed E-state index contributed by atoms with van der Waals surface area (Å²) in [5, 5.41) is 10.9. The fourth-order valence-electron chi connectivity index (χ4n) is 9.06. The van der Waals surface area contributed by atoms with E-state index in [1.807, 2.05) is 57.2 Å². The van der Waals surface area contributed by atoms with Gasteiger partial charge in [-0.05, 0) is 109 Å². The molecule has 0 aliphatic carbocycles. The van der Waals surface area contributed by atoms with E-state index in [4.69, 9.17) is 18.4 Å². The van der Waals surface area contributed by atoms with Crippen LogP contribution in [0.25, 0.3) is 0 Å². The molecule has 3 aliphatic rings. The predicted octanol–water partition coefficient (Wildman–Crippen LogP) is 8.94. The molecule has 3 aliphatic heterocycles. The number of β-lactam (4-membered cyclic amide) rings is 1. The van der Waals surface area contributed by atoms with Crippen LogP contribution >= 0.6 is 0 Å². The lowest BCUT2D eigenvalue weighted by Gasteiger charge is -2.49. The highest BCUT2D eigenvalue weighted by Gasteiger charge is 2.50. The van der Waals surface area contributed by atoms with E-state index in [0.717, 1.165) is 23.2 Å². The molecule has 306 valence electrons. The summed E-state index contributed by atoms with van der Waals surface area (Å²) in [6.07, 6.45) is 0.125. The second-order valence-electron chi connectivity index (χ2n) is 16.5. The lowest BCUT2D eigenvalue weighted by molar-refractivity contribution is -0.299. The van der Waals surface area contributed by atoms with Crippen molar-refractivity contribution in [2.24, 2.45) is 35.5 Å². The highest BCUT2D eigenvalue weighted by Crippen LogP contribution is 2.48. The Bertz CT molecular complexity index is 1890. The van der Waals surface area contributed by atoms with Crippen molar-refractivity contribution < 1.29 is 41.1 Å². The number of nitrogens with zero attached hydrogens (tertiary/aromatic N) is 1. The number of aliphatic hydroxyl groups is 1. The van der Waals surface area contributed by atoms with Gasteiger partial charge in [0.1, 0.15) is 17.3 Å². The number of anilines is 1. The predicted molar refractivity (Wildman–Crippen MR) is 215 cm³/mol. The van der Waals surface area contributed by atoms with E-state index >= 15 is 0 Å². The number of aliphatic hydroxyl groups excluding tert-OH is 1. The monoisotopic (exact) mass is 793 g/mol. The Morgan fingerprint density at radius 2 is 1.48 bits per heavy atom. The lowest BCUT2D eigenvalue weighted by atomic mass is 9.77. The van der Waals surface area contributed by atoms with Gasteiger partial charge < -0.3 is 28.4 Å². The standard InChI is InChI=1S/C45H60FNO8S/c1-9-39-28(5)27(4)31(8)45(53-39)54-43-30(7)29(6)41(52-40(43)10-2)25-56(50,51)55-35-20-21-36(26(3)24-35)42-37(44(49)47(42)34-14-12-11-13-15-34)22-23-38(48)32-16-18-33(46)19-17-32/h11-21,24,27-31,37-43,45,48H,9-10,22-23,25H2,1-8H3/t27-,28+,29+,30+,31+,37+,38-,39?,40?,41?,42+,43+,45?/m0/s1. The number of hydrogen-bond donors (Lipinski definition) is 1. The molecule has 0 saturated carbocycles. The van der Waals surface area contributed by atoms with Crippen LogP contribution in [0.2, 0.25) is 0 Å². The third-order valence-corrected chi connectivity index (χ3v) is 14.3. The number of aryl methyl sites for hydroxylation is 1. The van der Waals surface area contributed by atoms with Crippen molar-refractivity contribution in [3.63, 3.8) is 0 Å². The molecule has 1 N–H and O–H groups in total. The third kappa shape index (κ3) is 8.87. The van der Waals surface area contributed by atoms with E-state index in [1.165, 1.54) is 12.1 Å². The molecule has 3 aromatic rings. The fourth-order valence-corrected chi connectivity index (χ4v) is 10.3. The Morgan fingerprint density at radius 3 is 2.12 bits per heavy atom. The maximum Gasteiger partial charge on any atom is 0.311 e. The Balaban J connectivity index is 1.13. The summed E-state index contributed by atoms with van der Waals surface area (Å²) in [5.74, 6) is 0.0193.